The molecule has 0 aromatic heterocycles. The fourth-order valence-corrected chi connectivity index (χ4v) is 2.24. The van der Waals surface area contributed by atoms with Crippen molar-refractivity contribution in [2.75, 3.05) is 14.2 Å². The average Bonchev–Trinajstić information content (AvgIpc) is 2.35. The van der Waals surface area contributed by atoms with E-state index in [9.17, 15) is 4.79 Å². The number of ether oxygens (including phenoxy) is 3. The highest BCUT2D eigenvalue weighted by Gasteiger charge is 2.34. The van der Waals surface area contributed by atoms with Crippen LogP contribution in [0, 0.1) is 0 Å². The van der Waals surface area contributed by atoms with Gasteiger partial charge in [0, 0.05) is 19.1 Å². The topological polar surface area (TPSA) is 44.8 Å². The van der Waals surface area contributed by atoms with Crippen molar-refractivity contribution in [2.45, 2.75) is 32.0 Å². The van der Waals surface area contributed by atoms with Crippen molar-refractivity contribution in [3.8, 4) is 5.75 Å². The number of hydrogen-bond acceptors (Lipinski definition) is 4. The molecule has 1 atom stereocenters. The minimum Gasteiger partial charge on any atom is -0.487 e. The molecule has 0 fully saturated rings. The van der Waals surface area contributed by atoms with Crippen molar-refractivity contribution in [1.29, 1.82) is 0 Å². The molecule has 4 nitrogen and oxygen atoms in total. The maximum atomic E-state index is 11.5. The summed E-state index contributed by atoms with van der Waals surface area (Å²) in [5, 5.41) is 0. The first kappa shape index (κ1) is 12.9. The normalized spacial score (nSPS) is 20.8. The lowest BCUT2D eigenvalue weighted by molar-refractivity contribution is -0.0109. The van der Waals surface area contributed by atoms with E-state index in [4.69, 9.17) is 14.2 Å². The molecule has 0 saturated heterocycles. The Balaban J connectivity index is 2.42. The zero-order valence-electron chi connectivity index (χ0n) is 11.1. The van der Waals surface area contributed by atoms with Gasteiger partial charge in [-0.1, -0.05) is 0 Å². The molecule has 0 radical (unpaired) electrons. The highest BCUT2D eigenvalue weighted by molar-refractivity contribution is 5.89. The van der Waals surface area contributed by atoms with Crippen molar-refractivity contribution in [3.63, 3.8) is 0 Å². The summed E-state index contributed by atoms with van der Waals surface area (Å²) in [7, 11) is 3.04. The van der Waals surface area contributed by atoms with E-state index in [1.54, 1.807) is 25.3 Å². The molecule has 18 heavy (non-hydrogen) atoms. The molecule has 0 N–H and O–H groups in total. The highest BCUT2D eigenvalue weighted by Crippen LogP contribution is 2.41. The number of carbonyl (C=O) groups excluding carboxylic acids is 1. The van der Waals surface area contributed by atoms with E-state index < -0.39 is 0 Å². The third-order valence-corrected chi connectivity index (χ3v) is 3.13. The first-order valence-electron chi connectivity index (χ1n) is 5.91. The fraction of sp³-hybridized carbons (Fsp3) is 0.500. The van der Waals surface area contributed by atoms with Crippen LogP contribution in [0.4, 0.5) is 0 Å². The molecular weight excluding hydrogens is 232 g/mol. The van der Waals surface area contributed by atoms with E-state index in [1.807, 2.05) is 13.8 Å². The molecule has 4 heteroatoms. The van der Waals surface area contributed by atoms with Crippen LogP contribution in [0.25, 0.3) is 0 Å². The molecule has 0 bridgehead atoms. The summed E-state index contributed by atoms with van der Waals surface area (Å²) in [6, 6.07) is 5.29. The average molecular weight is 250 g/mol. The van der Waals surface area contributed by atoms with Gasteiger partial charge in [-0.3, -0.25) is 0 Å². The van der Waals surface area contributed by atoms with Gasteiger partial charge in [-0.15, -0.1) is 0 Å². The Labute approximate surface area is 107 Å². The molecule has 98 valence electrons. The van der Waals surface area contributed by atoms with Gasteiger partial charge in [-0.2, -0.15) is 0 Å². The lowest BCUT2D eigenvalue weighted by atomic mass is 9.90. The van der Waals surface area contributed by atoms with Gasteiger partial charge >= 0.3 is 5.97 Å². The summed E-state index contributed by atoms with van der Waals surface area (Å²) >= 11 is 0. The standard InChI is InChI=1S/C14H18O4/c1-14(2)8-12(16-3)10-7-9(13(15)17-4)5-6-11(10)18-14/h5-7,12H,8H2,1-4H3. The molecule has 0 saturated carbocycles. The quantitative estimate of drug-likeness (QED) is 0.757. The molecule has 0 amide bonds. The van der Waals surface area contributed by atoms with Gasteiger partial charge in [0.15, 0.2) is 0 Å². The van der Waals surface area contributed by atoms with Crippen LogP contribution in [0.3, 0.4) is 0 Å². The van der Waals surface area contributed by atoms with E-state index in [2.05, 4.69) is 0 Å². The van der Waals surface area contributed by atoms with Crippen LogP contribution >= 0.6 is 0 Å². The molecule has 2 rings (SSSR count). The second kappa shape index (κ2) is 4.61. The highest BCUT2D eigenvalue weighted by atomic mass is 16.5. The predicted molar refractivity (Wildman–Crippen MR) is 66.9 cm³/mol. The largest absolute Gasteiger partial charge is 0.487 e. The Kier molecular flexibility index (Phi) is 3.30. The molecule has 1 aliphatic heterocycles. The van der Waals surface area contributed by atoms with Crippen molar-refractivity contribution >= 4 is 5.97 Å². The summed E-state index contributed by atoms with van der Waals surface area (Å²) < 4.78 is 16.1. The summed E-state index contributed by atoms with van der Waals surface area (Å²) in [6.45, 7) is 4.05. The van der Waals surface area contributed by atoms with Gasteiger partial charge in [-0.25, -0.2) is 4.79 Å². The van der Waals surface area contributed by atoms with Gasteiger partial charge < -0.3 is 14.2 Å². The first-order valence-corrected chi connectivity index (χ1v) is 5.91. The number of hydrogen-bond donors (Lipinski definition) is 0. The van der Waals surface area contributed by atoms with Gasteiger partial charge in [0.25, 0.3) is 0 Å². The third-order valence-electron chi connectivity index (χ3n) is 3.13. The third kappa shape index (κ3) is 2.34. The van der Waals surface area contributed by atoms with E-state index in [-0.39, 0.29) is 17.7 Å². The predicted octanol–water partition coefficient (Wildman–Crippen LogP) is 2.72. The molecule has 1 aromatic carbocycles. The molecule has 1 unspecified atom stereocenters. The van der Waals surface area contributed by atoms with E-state index in [0.29, 0.717) is 5.56 Å². The lowest BCUT2D eigenvalue weighted by Gasteiger charge is -2.37. The molecule has 1 aliphatic rings. The van der Waals surface area contributed by atoms with Gasteiger partial charge in [0.05, 0.1) is 18.8 Å². The van der Waals surface area contributed by atoms with Crippen molar-refractivity contribution in [2.24, 2.45) is 0 Å². The fourth-order valence-electron chi connectivity index (χ4n) is 2.24. The number of rotatable bonds is 2. The maximum Gasteiger partial charge on any atom is 0.337 e. The van der Waals surface area contributed by atoms with Crippen molar-refractivity contribution in [1.82, 2.24) is 0 Å². The van der Waals surface area contributed by atoms with Gasteiger partial charge in [-0.05, 0) is 32.0 Å². The van der Waals surface area contributed by atoms with Crippen LogP contribution in [-0.2, 0) is 9.47 Å². The number of carbonyl (C=O) groups is 1. The van der Waals surface area contributed by atoms with E-state index >= 15 is 0 Å². The second-order valence-electron chi connectivity index (χ2n) is 5.03. The van der Waals surface area contributed by atoms with Crippen LogP contribution in [0.2, 0.25) is 0 Å². The minimum absolute atomic E-state index is 0.0617. The Hall–Kier alpha value is -1.55. The van der Waals surface area contributed by atoms with Crippen LogP contribution in [-0.4, -0.2) is 25.8 Å². The SMILES string of the molecule is COC(=O)c1ccc2c(c1)C(OC)CC(C)(C)O2. The molecular formula is C14H18O4. The first-order chi connectivity index (χ1) is 8.46. The van der Waals surface area contributed by atoms with Crippen molar-refractivity contribution in [3.05, 3.63) is 29.3 Å². The number of fused-ring (bicyclic) bond motifs is 1. The Morgan fingerprint density at radius 1 is 1.39 bits per heavy atom. The second-order valence-corrected chi connectivity index (χ2v) is 5.03. The summed E-state index contributed by atoms with van der Waals surface area (Å²) in [5.41, 5.74) is 1.15. The van der Waals surface area contributed by atoms with E-state index in [0.717, 1.165) is 17.7 Å². The number of methoxy groups -OCH3 is 2. The maximum absolute atomic E-state index is 11.5. The molecule has 0 aliphatic carbocycles. The zero-order chi connectivity index (χ0) is 13.3. The molecule has 1 aromatic rings. The Bertz CT molecular complexity index is 465. The lowest BCUT2D eigenvalue weighted by Crippen LogP contribution is -2.35. The number of benzene rings is 1. The molecule has 0 spiro atoms. The van der Waals surface area contributed by atoms with Crippen LogP contribution in [0.15, 0.2) is 18.2 Å². The summed E-state index contributed by atoms with van der Waals surface area (Å²) in [5.74, 6) is 0.420. The number of esters is 1. The van der Waals surface area contributed by atoms with Gasteiger partial charge in [0.2, 0.25) is 0 Å². The van der Waals surface area contributed by atoms with Crippen LogP contribution in [0.5, 0.6) is 5.75 Å². The summed E-state index contributed by atoms with van der Waals surface area (Å²) in [4.78, 5) is 11.5. The van der Waals surface area contributed by atoms with Crippen LogP contribution in [0.1, 0.15) is 42.3 Å². The zero-order valence-corrected chi connectivity index (χ0v) is 11.1. The van der Waals surface area contributed by atoms with Crippen LogP contribution < -0.4 is 4.74 Å². The smallest absolute Gasteiger partial charge is 0.337 e. The summed E-state index contributed by atoms with van der Waals surface area (Å²) in [6.07, 6.45) is 0.689. The van der Waals surface area contributed by atoms with E-state index in [1.165, 1.54) is 7.11 Å². The Morgan fingerprint density at radius 3 is 2.72 bits per heavy atom. The Morgan fingerprint density at radius 2 is 2.11 bits per heavy atom. The monoisotopic (exact) mass is 250 g/mol. The minimum atomic E-state index is -0.350. The van der Waals surface area contributed by atoms with Crippen molar-refractivity contribution < 1.29 is 19.0 Å². The van der Waals surface area contributed by atoms with Gasteiger partial charge in [0.1, 0.15) is 11.4 Å². The molecule has 1 heterocycles.